The van der Waals surface area contributed by atoms with Gasteiger partial charge in [-0.25, -0.2) is 0 Å². The summed E-state index contributed by atoms with van der Waals surface area (Å²) < 4.78 is 5.39. The molecule has 3 N–H and O–H groups in total. The van der Waals surface area contributed by atoms with Crippen LogP contribution in [-0.2, 0) is 9.53 Å². The molecule has 0 aromatic heterocycles. The molecule has 16 heavy (non-hydrogen) atoms. The molecule has 1 aliphatic heterocycles. The van der Waals surface area contributed by atoms with Crippen molar-refractivity contribution in [1.82, 2.24) is 5.32 Å². The van der Waals surface area contributed by atoms with Crippen molar-refractivity contribution in [1.29, 1.82) is 0 Å². The number of carbonyl (C=O) groups excluding carboxylic acids is 1. The number of amides is 1. The first-order chi connectivity index (χ1) is 7.56. The van der Waals surface area contributed by atoms with Crippen LogP contribution in [0.2, 0.25) is 0 Å². The molecule has 1 rings (SSSR count). The van der Waals surface area contributed by atoms with Gasteiger partial charge in [0.2, 0.25) is 5.91 Å². The van der Waals surface area contributed by atoms with Gasteiger partial charge in [-0.15, -0.1) is 0 Å². The lowest BCUT2D eigenvalue weighted by Crippen LogP contribution is -2.48. The summed E-state index contributed by atoms with van der Waals surface area (Å²) in [4.78, 5) is 12.2. The summed E-state index contributed by atoms with van der Waals surface area (Å²) in [6.45, 7) is 4.71. The van der Waals surface area contributed by atoms with Crippen LogP contribution in [0.25, 0.3) is 0 Å². The summed E-state index contributed by atoms with van der Waals surface area (Å²) in [5.41, 5.74) is 5.58. The van der Waals surface area contributed by atoms with E-state index in [0.717, 1.165) is 19.3 Å². The first-order valence-electron chi connectivity index (χ1n) is 5.77. The van der Waals surface area contributed by atoms with E-state index in [1.54, 1.807) is 0 Å². The van der Waals surface area contributed by atoms with E-state index in [1.165, 1.54) is 0 Å². The average Bonchev–Trinajstić information content (AvgIpc) is 2.63. The van der Waals surface area contributed by atoms with E-state index >= 15 is 0 Å². The smallest absolute Gasteiger partial charge is 0.249 e. The molecule has 5 heteroatoms. The van der Waals surface area contributed by atoms with Crippen molar-refractivity contribution < 1.29 is 9.53 Å². The molecular weight excluding hydrogens is 224 g/mol. The van der Waals surface area contributed by atoms with Gasteiger partial charge >= 0.3 is 0 Å². The van der Waals surface area contributed by atoms with Crippen molar-refractivity contribution in [3.8, 4) is 0 Å². The van der Waals surface area contributed by atoms with Gasteiger partial charge in [0.15, 0.2) is 0 Å². The van der Waals surface area contributed by atoms with Crippen molar-refractivity contribution in [2.24, 2.45) is 11.7 Å². The normalized spacial score (nSPS) is 26.4. The number of thiocarbonyl (C=S) groups is 1. The Kier molecular flexibility index (Phi) is 5.15. The van der Waals surface area contributed by atoms with Gasteiger partial charge in [0.25, 0.3) is 0 Å². The maximum absolute atomic E-state index is 11.9. The highest BCUT2D eigenvalue weighted by Crippen LogP contribution is 2.20. The van der Waals surface area contributed by atoms with Gasteiger partial charge in [0, 0.05) is 6.61 Å². The van der Waals surface area contributed by atoms with Crippen LogP contribution in [0.3, 0.4) is 0 Å². The summed E-state index contributed by atoms with van der Waals surface area (Å²) in [6, 6.07) is -0.205. The van der Waals surface area contributed by atoms with Gasteiger partial charge in [0.05, 0.1) is 11.0 Å². The van der Waals surface area contributed by atoms with Crippen LogP contribution in [0.15, 0.2) is 0 Å². The van der Waals surface area contributed by atoms with E-state index in [9.17, 15) is 4.79 Å². The number of nitrogens with one attached hydrogen (secondary N) is 1. The Hall–Kier alpha value is -0.680. The van der Waals surface area contributed by atoms with Crippen LogP contribution >= 0.6 is 12.2 Å². The molecule has 0 aromatic rings. The highest BCUT2D eigenvalue weighted by atomic mass is 32.1. The molecule has 0 spiro atoms. The molecule has 1 heterocycles. The van der Waals surface area contributed by atoms with Crippen LogP contribution < -0.4 is 11.1 Å². The third-order valence-corrected chi connectivity index (χ3v) is 3.17. The van der Waals surface area contributed by atoms with Crippen LogP contribution in [-0.4, -0.2) is 29.6 Å². The Morgan fingerprint density at radius 2 is 2.38 bits per heavy atom. The van der Waals surface area contributed by atoms with E-state index in [0.29, 0.717) is 11.6 Å². The number of nitrogens with two attached hydrogens (primary N) is 1. The summed E-state index contributed by atoms with van der Waals surface area (Å²) in [5, 5.41) is 2.86. The minimum Gasteiger partial charge on any atom is -0.392 e. The van der Waals surface area contributed by atoms with Gasteiger partial charge in [0.1, 0.15) is 6.10 Å². The first-order valence-corrected chi connectivity index (χ1v) is 6.18. The van der Waals surface area contributed by atoms with E-state index in [1.807, 2.05) is 13.8 Å². The molecule has 0 radical (unpaired) electrons. The van der Waals surface area contributed by atoms with E-state index in [-0.39, 0.29) is 24.0 Å². The third kappa shape index (κ3) is 3.42. The lowest BCUT2D eigenvalue weighted by molar-refractivity contribution is -0.131. The zero-order valence-electron chi connectivity index (χ0n) is 9.86. The predicted molar refractivity (Wildman–Crippen MR) is 67.1 cm³/mol. The SMILES string of the molecule is CCCC(NC(=O)C1OCCC1C)C(N)=S. The Morgan fingerprint density at radius 1 is 1.69 bits per heavy atom. The quantitative estimate of drug-likeness (QED) is 0.708. The van der Waals surface area contributed by atoms with Gasteiger partial charge < -0.3 is 15.8 Å². The fraction of sp³-hybridized carbons (Fsp3) is 0.818. The molecule has 0 saturated carbocycles. The lowest BCUT2D eigenvalue weighted by Gasteiger charge is -2.20. The molecule has 1 fully saturated rings. The van der Waals surface area contributed by atoms with Crippen molar-refractivity contribution in [2.45, 2.75) is 45.3 Å². The maximum atomic E-state index is 11.9. The highest BCUT2D eigenvalue weighted by molar-refractivity contribution is 7.80. The first kappa shape index (κ1) is 13.4. The predicted octanol–water partition coefficient (Wildman–Crippen LogP) is 0.982. The number of ether oxygens (including phenoxy) is 1. The monoisotopic (exact) mass is 244 g/mol. The van der Waals surface area contributed by atoms with Gasteiger partial charge in [-0.1, -0.05) is 32.5 Å². The van der Waals surface area contributed by atoms with Crippen molar-refractivity contribution in [2.75, 3.05) is 6.61 Å². The molecule has 1 amide bonds. The van der Waals surface area contributed by atoms with Gasteiger partial charge in [-0.05, 0) is 18.8 Å². The second-order valence-electron chi connectivity index (χ2n) is 4.31. The summed E-state index contributed by atoms with van der Waals surface area (Å²) in [7, 11) is 0. The summed E-state index contributed by atoms with van der Waals surface area (Å²) >= 11 is 4.93. The lowest BCUT2D eigenvalue weighted by atomic mass is 10.0. The summed E-state index contributed by atoms with van der Waals surface area (Å²) in [5.74, 6) is 0.185. The van der Waals surface area contributed by atoms with Gasteiger partial charge in [-0.2, -0.15) is 0 Å². The highest BCUT2D eigenvalue weighted by Gasteiger charge is 2.32. The molecule has 0 aliphatic carbocycles. The maximum Gasteiger partial charge on any atom is 0.249 e. The van der Waals surface area contributed by atoms with Gasteiger partial charge in [-0.3, -0.25) is 4.79 Å². The molecule has 1 saturated heterocycles. The van der Waals surface area contributed by atoms with Crippen LogP contribution in [0.5, 0.6) is 0 Å². The minimum atomic E-state index is -0.339. The molecule has 4 nitrogen and oxygen atoms in total. The third-order valence-electron chi connectivity index (χ3n) is 2.88. The fourth-order valence-electron chi connectivity index (χ4n) is 1.86. The van der Waals surface area contributed by atoms with E-state index in [4.69, 9.17) is 22.7 Å². The number of rotatable bonds is 5. The molecule has 3 atom stereocenters. The second kappa shape index (κ2) is 6.15. The van der Waals surface area contributed by atoms with Crippen LogP contribution in [0, 0.1) is 5.92 Å². The Balaban J connectivity index is 2.50. The average molecular weight is 244 g/mol. The molecule has 1 aliphatic rings. The van der Waals surface area contributed by atoms with E-state index < -0.39 is 0 Å². The molecule has 3 unspecified atom stereocenters. The molecule has 92 valence electrons. The topological polar surface area (TPSA) is 64.3 Å². The molecule has 0 bridgehead atoms. The number of carbonyl (C=O) groups is 1. The second-order valence-corrected chi connectivity index (χ2v) is 4.78. The van der Waals surface area contributed by atoms with Crippen LogP contribution in [0.4, 0.5) is 0 Å². The van der Waals surface area contributed by atoms with Crippen molar-refractivity contribution >= 4 is 23.1 Å². The largest absolute Gasteiger partial charge is 0.392 e. The zero-order chi connectivity index (χ0) is 12.1. The van der Waals surface area contributed by atoms with Crippen LogP contribution in [0.1, 0.15) is 33.1 Å². The van der Waals surface area contributed by atoms with Crippen molar-refractivity contribution in [3.63, 3.8) is 0 Å². The molecule has 0 aromatic carbocycles. The Morgan fingerprint density at radius 3 is 2.81 bits per heavy atom. The van der Waals surface area contributed by atoms with E-state index in [2.05, 4.69) is 5.32 Å². The zero-order valence-corrected chi connectivity index (χ0v) is 10.7. The Labute approximate surface area is 102 Å². The minimum absolute atomic E-state index is 0.0868. The fourth-order valence-corrected chi connectivity index (χ4v) is 2.04. The summed E-state index contributed by atoms with van der Waals surface area (Å²) in [6.07, 6.45) is 2.31. The number of hydrogen-bond acceptors (Lipinski definition) is 3. The number of hydrogen-bond donors (Lipinski definition) is 2. The van der Waals surface area contributed by atoms with Crippen molar-refractivity contribution in [3.05, 3.63) is 0 Å². The molecular formula is C11H20N2O2S. The Bertz CT molecular complexity index is 271. The standard InChI is InChI=1S/C11H20N2O2S/c1-3-4-8(10(12)16)13-11(14)9-7(2)5-6-15-9/h7-9H,3-6H2,1-2H3,(H2,12,16)(H,13,14).